The Morgan fingerprint density at radius 3 is 2.76 bits per heavy atom. The number of nitriles is 1. The number of carbonyl (C=O) groups is 1. The van der Waals surface area contributed by atoms with Crippen LogP contribution in [0.4, 0.5) is 9.52 Å². The molecule has 29 heavy (non-hydrogen) atoms. The summed E-state index contributed by atoms with van der Waals surface area (Å²) in [5.41, 5.74) is 1.67. The van der Waals surface area contributed by atoms with E-state index >= 15 is 0 Å². The normalized spacial score (nSPS) is 10.8. The second-order valence-electron chi connectivity index (χ2n) is 5.81. The molecule has 1 amide bonds. The summed E-state index contributed by atoms with van der Waals surface area (Å²) in [7, 11) is 0. The molecule has 0 unspecified atom stereocenters. The summed E-state index contributed by atoms with van der Waals surface area (Å²) in [6, 6.07) is 13.6. The van der Waals surface area contributed by atoms with Gasteiger partial charge in [0.1, 0.15) is 10.7 Å². The molecule has 0 spiro atoms. The lowest BCUT2D eigenvalue weighted by Gasteiger charge is -1.99. The standard InChI is InChI=1S/C19H10ClFN4OS3/c20-15-13-6-5-12(21)7-14(13)28-16(15)17(26)23-18-24-25-19(29-18)27-9-11-3-1-10(8-22)2-4-11/h1-7H,9H2,(H,23,24,26). The first kappa shape index (κ1) is 19.8. The molecule has 0 bridgehead atoms. The summed E-state index contributed by atoms with van der Waals surface area (Å²) in [5, 5.41) is 20.9. The lowest BCUT2D eigenvalue weighted by Crippen LogP contribution is -2.10. The topological polar surface area (TPSA) is 78.7 Å². The van der Waals surface area contributed by atoms with Gasteiger partial charge in [-0.1, -0.05) is 46.8 Å². The number of hydrogen-bond donors (Lipinski definition) is 1. The van der Waals surface area contributed by atoms with Crippen molar-refractivity contribution in [2.75, 3.05) is 5.32 Å². The molecule has 0 atom stereocenters. The zero-order chi connectivity index (χ0) is 20.4. The highest BCUT2D eigenvalue weighted by Gasteiger charge is 2.19. The fraction of sp³-hybridized carbons (Fsp3) is 0.0526. The Kier molecular flexibility index (Phi) is 5.78. The van der Waals surface area contributed by atoms with Crippen molar-refractivity contribution in [3.63, 3.8) is 0 Å². The van der Waals surface area contributed by atoms with Gasteiger partial charge in [0.2, 0.25) is 5.13 Å². The SMILES string of the molecule is N#Cc1ccc(CSc2nnc(NC(=O)c3sc4cc(F)ccc4c3Cl)s2)cc1. The van der Waals surface area contributed by atoms with Crippen LogP contribution >= 0.6 is 46.0 Å². The van der Waals surface area contributed by atoms with Crippen molar-refractivity contribution in [2.24, 2.45) is 0 Å². The second-order valence-corrected chi connectivity index (χ2v) is 9.44. The molecule has 1 N–H and O–H groups in total. The summed E-state index contributed by atoms with van der Waals surface area (Å²) in [4.78, 5) is 12.9. The molecular formula is C19H10ClFN4OS3. The zero-order valence-corrected chi connectivity index (χ0v) is 17.7. The minimum Gasteiger partial charge on any atom is -0.296 e. The summed E-state index contributed by atoms with van der Waals surface area (Å²) in [6.45, 7) is 0. The van der Waals surface area contributed by atoms with Crippen LogP contribution in [0.5, 0.6) is 0 Å². The average molecular weight is 461 g/mol. The summed E-state index contributed by atoms with van der Waals surface area (Å²) in [6.07, 6.45) is 0. The number of anilines is 1. The summed E-state index contributed by atoms with van der Waals surface area (Å²) in [5.74, 6) is -0.117. The number of amides is 1. The number of rotatable bonds is 5. The highest BCUT2D eigenvalue weighted by atomic mass is 35.5. The third-order valence-corrected chi connectivity index (χ3v) is 7.57. The van der Waals surface area contributed by atoms with Gasteiger partial charge in [0, 0.05) is 15.8 Å². The van der Waals surface area contributed by atoms with Crippen molar-refractivity contribution in [3.8, 4) is 6.07 Å². The van der Waals surface area contributed by atoms with E-state index in [0.29, 0.717) is 40.8 Å². The fourth-order valence-electron chi connectivity index (χ4n) is 2.48. The number of carbonyl (C=O) groups excluding carboxylic acids is 1. The van der Waals surface area contributed by atoms with Gasteiger partial charge in [-0.05, 0) is 35.9 Å². The van der Waals surface area contributed by atoms with E-state index in [2.05, 4.69) is 21.6 Å². The first-order chi connectivity index (χ1) is 14.0. The van der Waals surface area contributed by atoms with E-state index in [9.17, 15) is 9.18 Å². The number of nitrogens with zero attached hydrogens (tertiary/aromatic N) is 3. The lowest BCUT2D eigenvalue weighted by molar-refractivity contribution is 0.103. The smallest absolute Gasteiger partial charge is 0.269 e. The summed E-state index contributed by atoms with van der Waals surface area (Å²) < 4.78 is 14.7. The zero-order valence-electron chi connectivity index (χ0n) is 14.5. The van der Waals surface area contributed by atoms with E-state index in [1.54, 1.807) is 18.2 Å². The second kappa shape index (κ2) is 8.47. The van der Waals surface area contributed by atoms with E-state index in [1.165, 1.54) is 35.2 Å². The van der Waals surface area contributed by atoms with Crippen LogP contribution in [0.15, 0.2) is 46.8 Å². The maximum atomic E-state index is 13.4. The van der Waals surface area contributed by atoms with Crippen LogP contribution in [0, 0.1) is 17.1 Å². The Labute approximate surface area is 182 Å². The molecule has 0 aliphatic carbocycles. The number of hydrogen-bond acceptors (Lipinski definition) is 7. The van der Waals surface area contributed by atoms with Gasteiger partial charge in [0.25, 0.3) is 5.91 Å². The molecule has 0 aliphatic rings. The van der Waals surface area contributed by atoms with E-state index in [-0.39, 0.29) is 5.82 Å². The number of halogens is 2. The van der Waals surface area contributed by atoms with E-state index < -0.39 is 5.91 Å². The van der Waals surface area contributed by atoms with Crippen LogP contribution in [0.1, 0.15) is 20.8 Å². The highest BCUT2D eigenvalue weighted by molar-refractivity contribution is 8.00. The van der Waals surface area contributed by atoms with Crippen molar-refractivity contribution in [3.05, 3.63) is 69.3 Å². The van der Waals surface area contributed by atoms with Crippen LogP contribution in [0.3, 0.4) is 0 Å². The van der Waals surface area contributed by atoms with Crippen molar-refractivity contribution in [1.29, 1.82) is 5.26 Å². The predicted octanol–water partition coefficient (Wildman–Crippen LogP) is 5.96. The number of fused-ring (bicyclic) bond motifs is 1. The molecule has 0 radical (unpaired) electrons. The van der Waals surface area contributed by atoms with Crippen LogP contribution in [-0.2, 0) is 5.75 Å². The quantitative estimate of drug-likeness (QED) is 0.293. The highest BCUT2D eigenvalue weighted by Crippen LogP contribution is 2.36. The minimum absolute atomic E-state index is 0.294. The lowest BCUT2D eigenvalue weighted by atomic mass is 10.2. The molecule has 0 fully saturated rings. The van der Waals surface area contributed by atoms with Gasteiger partial charge in [-0.15, -0.1) is 21.5 Å². The van der Waals surface area contributed by atoms with Crippen LogP contribution in [0.2, 0.25) is 5.02 Å². The Hall–Kier alpha value is -2.51. The maximum Gasteiger partial charge on any atom is 0.269 e. The number of thioether (sulfide) groups is 1. The molecule has 0 saturated heterocycles. The van der Waals surface area contributed by atoms with Crippen LogP contribution < -0.4 is 5.32 Å². The molecule has 5 nitrogen and oxygen atoms in total. The van der Waals surface area contributed by atoms with Gasteiger partial charge in [0.05, 0.1) is 16.7 Å². The van der Waals surface area contributed by atoms with Gasteiger partial charge in [0.15, 0.2) is 4.34 Å². The largest absolute Gasteiger partial charge is 0.296 e. The third-order valence-electron chi connectivity index (χ3n) is 3.87. The first-order valence-electron chi connectivity index (χ1n) is 8.18. The molecule has 4 rings (SSSR count). The van der Waals surface area contributed by atoms with Crippen molar-refractivity contribution >= 4 is 67.2 Å². The van der Waals surface area contributed by atoms with E-state index in [0.717, 1.165) is 16.9 Å². The number of benzene rings is 2. The van der Waals surface area contributed by atoms with Gasteiger partial charge in [-0.2, -0.15) is 5.26 Å². The molecule has 2 aromatic carbocycles. The van der Waals surface area contributed by atoms with Crippen LogP contribution in [-0.4, -0.2) is 16.1 Å². The van der Waals surface area contributed by atoms with Crippen molar-refractivity contribution < 1.29 is 9.18 Å². The molecule has 10 heteroatoms. The van der Waals surface area contributed by atoms with E-state index in [1.807, 2.05) is 12.1 Å². The molecule has 4 aromatic rings. The van der Waals surface area contributed by atoms with Crippen LogP contribution in [0.25, 0.3) is 10.1 Å². The Morgan fingerprint density at radius 1 is 1.21 bits per heavy atom. The molecular weight excluding hydrogens is 451 g/mol. The average Bonchev–Trinajstić information content (AvgIpc) is 3.30. The molecule has 0 saturated carbocycles. The number of nitrogens with one attached hydrogen (secondary N) is 1. The molecule has 2 aromatic heterocycles. The monoisotopic (exact) mass is 460 g/mol. The maximum absolute atomic E-state index is 13.4. The third kappa shape index (κ3) is 4.41. The predicted molar refractivity (Wildman–Crippen MR) is 115 cm³/mol. The Bertz CT molecular complexity index is 1250. The fourth-order valence-corrected chi connectivity index (χ4v) is 5.62. The van der Waals surface area contributed by atoms with Gasteiger partial charge < -0.3 is 0 Å². The van der Waals surface area contributed by atoms with Crippen molar-refractivity contribution in [1.82, 2.24) is 10.2 Å². The number of thiophene rings is 1. The molecule has 0 aliphatic heterocycles. The number of aromatic nitrogens is 2. The van der Waals surface area contributed by atoms with Gasteiger partial charge >= 0.3 is 0 Å². The Morgan fingerprint density at radius 2 is 2.00 bits per heavy atom. The Balaban J connectivity index is 1.42. The molecule has 2 heterocycles. The first-order valence-corrected chi connectivity index (χ1v) is 11.2. The van der Waals surface area contributed by atoms with Crippen molar-refractivity contribution in [2.45, 2.75) is 10.1 Å². The summed E-state index contributed by atoms with van der Waals surface area (Å²) >= 11 is 10.2. The molecule has 144 valence electrons. The van der Waals surface area contributed by atoms with Gasteiger partial charge in [-0.3, -0.25) is 10.1 Å². The van der Waals surface area contributed by atoms with Gasteiger partial charge in [-0.25, -0.2) is 4.39 Å². The minimum atomic E-state index is -0.406. The van der Waals surface area contributed by atoms with E-state index in [4.69, 9.17) is 16.9 Å².